The van der Waals surface area contributed by atoms with Gasteiger partial charge in [-0.3, -0.25) is 4.79 Å². The Morgan fingerprint density at radius 1 is 1.23 bits per heavy atom. The molecule has 2 rings (SSSR count). The summed E-state index contributed by atoms with van der Waals surface area (Å²) in [6.07, 6.45) is 1.29. The molecule has 0 aliphatic carbocycles. The molecule has 0 bridgehead atoms. The molecular formula is C18H18F2N2O4. The maximum Gasteiger partial charge on any atom is 0.387 e. The molecule has 6 nitrogen and oxygen atoms in total. The summed E-state index contributed by atoms with van der Waals surface area (Å²) in [5.41, 5.74) is 3.75. The van der Waals surface area contributed by atoms with E-state index in [4.69, 9.17) is 9.47 Å². The Hall–Kier alpha value is -3.16. The van der Waals surface area contributed by atoms with Crippen LogP contribution in [-0.2, 0) is 4.79 Å². The molecule has 1 N–H and O–H groups in total. The highest BCUT2D eigenvalue weighted by Gasteiger charge is 2.10. The number of benzene rings is 2. The molecule has 138 valence electrons. The smallest absolute Gasteiger partial charge is 0.387 e. The molecule has 0 saturated heterocycles. The average molecular weight is 364 g/mol. The number of rotatable bonds is 8. The van der Waals surface area contributed by atoms with E-state index < -0.39 is 12.5 Å². The molecule has 0 aliphatic heterocycles. The van der Waals surface area contributed by atoms with Gasteiger partial charge in [-0.15, -0.1) is 0 Å². The van der Waals surface area contributed by atoms with Gasteiger partial charge in [0.1, 0.15) is 5.75 Å². The van der Waals surface area contributed by atoms with Gasteiger partial charge in [-0.2, -0.15) is 13.9 Å². The Morgan fingerprint density at radius 3 is 2.73 bits per heavy atom. The van der Waals surface area contributed by atoms with Crippen LogP contribution in [0.1, 0.15) is 11.1 Å². The van der Waals surface area contributed by atoms with E-state index >= 15 is 0 Å². The molecule has 0 radical (unpaired) electrons. The van der Waals surface area contributed by atoms with Crippen molar-refractivity contribution in [1.29, 1.82) is 0 Å². The molecule has 0 fully saturated rings. The lowest BCUT2D eigenvalue weighted by molar-refractivity contribution is -0.123. The Bertz CT molecular complexity index is 782. The first kappa shape index (κ1) is 19.2. The van der Waals surface area contributed by atoms with E-state index in [0.29, 0.717) is 11.3 Å². The number of nitrogens with zero attached hydrogens (tertiary/aromatic N) is 1. The van der Waals surface area contributed by atoms with Crippen molar-refractivity contribution in [3.8, 4) is 17.2 Å². The van der Waals surface area contributed by atoms with Crippen molar-refractivity contribution < 1.29 is 27.8 Å². The zero-order chi connectivity index (χ0) is 18.9. The molecule has 1 amide bonds. The quantitative estimate of drug-likeness (QED) is 0.577. The predicted octanol–water partition coefficient (Wildman–Crippen LogP) is 3.13. The number of carbonyl (C=O) groups is 1. The first-order chi connectivity index (χ1) is 12.5. The monoisotopic (exact) mass is 364 g/mol. The van der Waals surface area contributed by atoms with E-state index in [-0.39, 0.29) is 18.1 Å². The summed E-state index contributed by atoms with van der Waals surface area (Å²) in [6, 6.07) is 11.6. The Morgan fingerprint density at radius 2 is 2.04 bits per heavy atom. The van der Waals surface area contributed by atoms with Crippen LogP contribution in [0.25, 0.3) is 0 Å². The number of methoxy groups -OCH3 is 1. The number of carbonyl (C=O) groups excluding carboxylic acids is 1. The minimum Gasteiger partial charge on any atom is -0.493 e. The summed E-state index contributed by atoms with van der Waals surface area (Å²) in [4.78, 5) is 11.7. The van der Waals surface area contributed by atoms with Crippen LogP contribution in [0.5, 0.6) is 17.2 Å². The van der Waals surface area contributed by atoms with Crippen molar-refractivity contribution >= 4 is 12.1 Å². The van der Waals surface area contributed by atoms with E-state index in [1.807, 2.05) is 19.1 Å². The van der Waals surface area contributed by atoms with Gasteiger partial charge < -0.3 is 14.2 Å². The number of halogens is 2. The number of aryl methyl sites for hydroxylation is 1. The van der Waals surface area contributed by atoms with Crippen molar-refractivity contribution in [3.05, 3.63) is 53.6 Å². The van der Waals surface area contributed by atoms with Gasteiger partial charge in [0, 0.05) is 0 Å². The van der Waals surface area contributed by atoms with Crippen molar-refractivity contribution in [2.24, 2.45) is 5.10 Å². The first-order valence-electron chi connectivity index (χ1n) is 7.62. The first-order valence-corrected chi connectivity index (χ1v) is 7.62. The van der Waals surface area contributed by atoms with Crippen LogP contribution >= 0.6 is 0 Å². The van der Waals surface area contributed by atoms with Gasteiger partial charge in [0.05, 0.1) is 13.3 Å². The highest BCUT2D eigenvalue weighted by atomic mass is 19.3. The summed E-state index contributed by atoms with van der Waals surface area (Å²) in [7, 11) is 1.34. The highest BCUT2D eigenvalue weighted by molar-refractivity contribution is 5.83. The van der Waals surface area contributed by atoms with Crippen molar-refractivity contribution in [2.75, 3.05) is 13.7 Å². The van der Waals surface area contributed by atoms with Crippen LogP contribution in [0.2, 0.25) is 0 Å². The second-order valence-corrected chi connectivity index (χ2v) is 5.19. The molecule has 26 heavy (non-hydrogen) atoms. The molecule has 0 unspecified atom stereocenters. The fourth-order valence-electron chi connectivity index (χ4n) is 2.03. The standard InChI is InChI=1S/C18H18F2N2O4/c1-12-4-3-5-14(8-12)25-11-17(23)22-21-10-13-6-7-15(24-2)16(9-13)26-18(19)20/h3-10,18H,11H2,1-2H3,(H,22,23)/b21-10-. The van der Waals surface area contributed by atoms with Gasteiger partial charge in [-0.25, -0.2) is 5.43 Å². The fraction of sp³-hybridized carbons (Fsp3) is 0.222. The third-order valence-electron chi connectivity index (χ3n) is 3.17. The van der Waals surface area contributed by atoms with Crippen molar-refractivity contribution in [3.63, 3.8) is 0 Å². The minimum atomic E-state index is -2.98. The lowest BCUT2D eigenvalue weighted by atomic mass is 10.2. The lowest BCUT2D eigenvalue weighted by Gasteiger charge is -2.10. The fourth-order valence-corrected chi connectivity index (χ4v) is 2.03. The molecule has 2 aromatic rings. The predicted molar refractivity (Wildman–Crippen MR) is 92.0 cm³/mol. The molecule has 0 aliphatic rings. The molecule has 0 spiro atoms. The zero-order valence-electron chi connectivity index (χ0n) is 14.2. The molecular weight excluding hydrogens is 346 g/mol. The number of hydrogen-bond acceptors (Lipinski definition) is 5. The van der Waals surface area contributed by atoms with Crippen LogP contribution in [0.3, 0.4) is 0 Å². The Kier molecular flexibility index (Phi) is 6.90. The SMILES string of the molecule is COc1ccc(/C=N\NC(=O)COc2cccc(C)c2)cc1OC(F)F. The summed E-state index contributed by atoms with van der Waals surface area (Å²) in [5, 5.41) is 3.76. The molecule has 0 heterocycles. The minimum absolute atomic E-state index is 0.124. The maximum absolute atomic E-state index is 12.4. The number of hydrazone groups is 1. The summed E-state index contributed by atoms with van der Waals surface area (Å²) in [5.74, 6) is 0.159. The molecule has 2 aromatic carbocycles. The number of alkyl halides is 2. The molecule has 8 heteroatoms. The number of amides is 1. The topological polar surface area (TPSA) is 69.2 Å². The van der Waals surface area contributed by atoms with Gasteiger partial charge >= 0.3 is 6.61 Å². The third-order valence-corrected chi connectivity index (χ3v) is 3.17. The van der Waals surface area contributed by atoms with Crippen LogP contribution in [0, 0.1) is 6.92 Å². The number of hydrogen-bond donors (Lipinski definition) is 1. The summed E-state index contributed by atoms with van der Waals surface area (Å²) in [6.45, 7) is -1.27. The molecule has 0 atom stereocenters. The van der Waals surface area contributed by atoms with Gasteiger partial charge in [0.25, 0.3) is 5.91 Å². The second kappa shape index (κ2) is 9.36. The zero-order valence-corrected chi connectivity index (χ0v) is 14.2. The number of nitrogens with one attached hydrogen (secondary N) is 1. The average Bonchev–Trinajstić information content (AvgIpc) is 2.60. The maximum atomic E-state index is 12.4. The van der Waals surface area contributed by atoms with Crippen LogP contribution < -0.4 is 19.6 Å². The van der Waals surface area contributed by atoms with Gasteiger partial charge in [-0.1, -0.05) is 12.1 Å². The van der Waals surface area contributed by atoms with Crippen LogP contribution in [-0.4, -0.2) is 32.4 Å². The van der Waals surface area contributed by atoms with Crippen LogP contribution in [0.15, 0.2) is 47.6 Å². The summed E-state index contributed by atoms with van der Waals surface area (Å²) >= 11 is 0. The van der Waals surface area contributed by atoms with E-state index in [1.165, 1.54) is 25.5 Å². The van der Waals surface area contributed by atoms with E-state index in [2.05, 4.69) is 15.3 Å². The molecule has 0 aromatic heterocycles. The Labute approximate surface area is 149 Å². The second-order valence-electron chi connectivity index (χ2n) is 5.19. The van der Waals surface area contributed by atoms with Gasteiger partial charge in [0.2, 0.25) is 0 Å². The third kappa shape index (κ3) is 6.04. The van der Waals surface area contributed by atoms with E-state index in [1.54, 1.807) is 18.2 Å². The Balaban J connectivity index is 1.89. The van der Waals surface area contributed by atoms with Gasteiger partial charge in [0.15, 0.2) is 18.1 Å². The van der Waals surface area contributed by atoms with Gasteiger partial charge in [-0.05, 0) is 48.4 Å². The number of ether oxygens (including phenoxy) is 3. The van der Waals surface area contributed by atoms with Crippen molar-refractivity contribution in [2.45, 2.75) is 13.5 Å². The normalized spacial score (nSPS) is 10.8. The van der Waals surface area contributed by atoms with E-state index in [9.17, 15) is 13.6 Å². The van der Waals surface area contributed by atoms with E-state index in [0.717, 1.165) is 5.56 Å². The highest BCUT2D eigenvalue weighted by Crippen LogP contribution is 2.28. The molecule has 0 saturated carbocycles. The summed E-state index contributed by atoms with van der Waals surface area (Å²) < 4.78 is 39.4. The lowest BCUT2D eigenvalue weighted by Crippen LogP contribution is -2.24. The largest absolute Gasteiger partial charge is 0.493 e. The van der Waals surface area contributed by atoms with Crippen LogP contribution in [0.4, 0.5) is 8.78 Å². The van der Waals surface area contributed by atoms with Crippen molar-refractivity contribution in [1.82, 2.24) is 5.43 Å².